The van der Waals surface area contributed by atoms with Gasteiger partial charge < -0.3 is 10.1 Å². The lowest BCUT2D eigenvalue weighted by Crippen LogP contribution is -2.60. The van der Waals surface area contributed by atoms with Crippen LogP contribution in [0.3, 0.4) is 0 Å². The molecule has 0 radical (unpaired) electrons. The van der Waals surface area contributed by atoms with E-state index >= 15 is 0 Å². The van der Waals surface area contributed by atoms with Gasteiger partial charge in [0, 0.05) is 25.8 Å². The van der Waals surface area contributed by atoms with Crippen LogP contribution in [0.4, 0.5) is 0 Å². The molecule has 0 bridgehead atoms. The number of ether oxygens (including phenoxy) is 1. The van der Waals surface area contributed by atoms with Crippen molar-refractivity contribution in [1.29, 1.82) is 0 Å². The summed E-state index contributed by atoms with van der Waals surface area (Å²) in [5.41, 5.74) is 0.992. The number of hydrogen-bond donors (Lipinski definition) is 1. The second-order valence-corrected chi connectivity index (χ2v) is 5.45. The summed E-state index contributed by atoms with van der Waals surface area (Å²) in [6.45, 7) is 2.73. The van der Waals surface area contributed by atoms with Crippen molar-refractivity contribution in [2.24, 2.45) is 0 Å². The van der Waals surface area contributed by atoms with Gasteiger partial charge in [0.15, 0.2) is 0 Å². The van der Waals surface area contributed by atoms with Gasteiger partial charge >= 0.3 is 0 Å². The van der Waals surface area contributed by atoms with Crippen molar-refractivity contribution in [2.75, 3.05) is 19.7 Å². The maximum absolute atomic E-state index is 11.3. The first kappa shape index (κ1) is 12.8. The highest BCUT2D eigenvalue weighted by molar-refractivity contribution is 6.30. The Balaban J connectivity index is 1.61. The molecule has 6 heteroatoms. The minimum Gasteiger partial charge on any atom is -0.366 e. The van der Waals surface area contributed by atoms with Gasteiger partial charge in [0.05, 0.1) is 22.9 Å². The molecule has 5 nitrogen and oxygen atoms in total. The number of nitrogens with zero attached hydrogens (tertiary/aromatic N) is 2. The Morgan fingerprint density at radius 3 is 3.21 bits per heavy atom. The second-order valence-electron chi connectivity index (χ2n) is 5.02. The zero-order valence-electron chi connectivity index (χ0n) is 10.5. The number of piperidine rings is 1. The van der Waals surface area contributed by atoms with E-state index in [4.69, 9.17) is 16.3 Å². The molecule has 2 fully saturated rings. The van der Waals surface area contributed by atoms with Gasteiger partial charge in [-0.05, 0) is 18.6 Å². The lowest BCUT2D eigenvalue weighted by atomic mass is 10.0. The van der Waals surface area contributed by atoms with Crippen LogP contribution in [0.2, 0.25) is 5.02 Å². The molecule has 19 heavy (non-hydrogen) atoms. The Kier molecular flexibility index (Phi) is 3.68. The molecule has 2 saturated heterocycles. The maximum Gasteiger partial charge on any atom is 0.246 e. The second kappa shape index (κ2) is 5.45. The minimum absolute atomic E-state index is 0.0206. The molecule has 2 aliphatic heterocycles. The fourth-order valence-electron chi connectivity index (χ4n) is 2.64. The van der Waals surface area contributed by atoms with Crippen LogP contribution in [-0.4, -0.2) is 47.6 Å². The van der Waals surface area contributed by atoms with E-state index in [-0.39, 0.29) is 24.7 Å². The van der Waals surface area contributed by atoms with Crippen molar-refractivity contribution < 1.29 is 9.53 Å². The molecule has 2 aliphatic rings. The van der Waals surface area contributed by atoms with Crippen LogP contribution in [0.25, 0.3) is 0 Å². The van der Waals surface area contributed by atoms with Gasteiger partial charge in [-0.25, -0.2) is 0 Å². The van der Waals surface area contributed by atoms with Gasteiger partial charge in [-0.3, -0.25) is 14.7 Å². The van der Waals surface area contributed by atoms with Gasteiger partial charge in [0.2, 0.25) is 5.91 Å². The van der Waals surface area contributed by atoms with Crippen LogP contribution in [0.1, 0.15) is 12.1 Å². The Morgan fingerprint density at radius 1 is 1.53 bits per heavy atom. The Bertz CT molecular complexity index is 465. The molecule has 0 aliphatic carbocycles. The number of amides is 1. The van der Waals surface area contributed by atoms with Crippen molar-refractivity contribution in [2.45, 2.75) is 25.1 Å². The molecule has 102 valence electrons. The van der Waals surface area contributed by atoms with Crippen molar-refractivity contribution in [1.82, 2.24) is 15.2 Å². The van der Waals surface area contributed by atoms with Crippen molar-refractivity contribution in [3.8, 4) is 0 Å². The largest absolute Gasteiger partial charge is 0.366 e. The highest BCUT2D eigenvalue weighted by Gasteiger charge is 2.34. The van der Waals surface area contributed by atoms with Crippen LogP contribution in [-0.2, 0) is 16.1 Å². The smallest absolute Gasteiger partial charge is 0.246 e. The number of morpholine rings is 1. The summed E-state index contributed by atoms with van der Waals surface area (Å²) in [6, 6.07) is 3.88. The predicted molar refractivity (Wildman–Crippen MR) is 70.8 cm³/mol. The molecule has 3 heterocycles. The van der Waals surface area contributed by atoms with E-state index in [1.807, 2.05) is 12.1 Å². The number of carbonyl (C=O) groups excluding carboxylic acids is 1. The van der Waals surface area contributed by atoms with Crippen LogP contribution in [0.5, 0.6) is 0 Å². The standard InChI is InChI=1S/C13H16ClN3O2/c14-9-1-2-10(15-5-9)6-17-4-3-12-11(7-17)16-13(18)8-19-12/h1-2,5,11-12H,3-4,6-8H2,(H,16,18)/t11-,12+/m0/s1. The molecule has 0 unspecified atom stereocenters. The molecular formula is C13H16ClN3O2. The molecule has 1 N–H and O–H groups in total. The average molecular weight is 282 g/mol. The topological polar surface area (TPSA) is 54.5 Å². The molecule has 1 amide bonds. The molecule has 1 aromatic rings. The summed E-state index contributed by atoms with van der Waals surface area (Å²) < 4.78 is 5.54. The number of carbonyl (C=O) groups is 1. The van der Waals surface area contributed by atoms with Crippen molar-refractivity contribution >= 4 is 17.5 Å². The lowest BCUT2D eigenvalue weighted by molar-refractivity contribution is -0.140. The molecular weight excluding hydrogens is 266 g/mol. The van der Waals surface area contributed by atoms with E-state index in [0.29, 0.717) is 5.02 Å². The third-order valence-corrected chi connectivity index (χ3v) is 3.81. The number of nitrogens with one attached hydrogen (secondary N) is 1. The summed E-state index contributed by atoms with van der Waals surface area (Å²) in [5, 5.41) is 3.64. The summed E-state index contributed by atoms with van der Waals surface area (Å²) >= 11 is 5.82. The molecule has 0 aromatic carbocycles. The van der Waals surface area contributed by atoms with Crippen LogP contribution >= 0.6 is 11.6 Å². The van der Waals surface area contributed by atoms with Gasteiger partial charge in [-0.15, -0.1) is 0 Å². The number of halogens is 1. The van der Waals surface area contributed by atoms with Crippen LogP contribution in [0, 0.1) is 0 Å². The number of hydrogen-bond acceptors (Lipinski definition) is 4. The van der Waals surface area contributed by atoms with Gasteiger partial charge in [0.25, 0.3) is 0 Å². The quantitative estimate of drug-likeness (QED) is 0.872. The van der Waals surface area contributed by atoms with E-state index in [2.05, 4.69) is 15.2 Å². The first-order valence-corrected chi connectivity index (χ1v) is 6.82. The Hall–Kier alpha value is -1.17. The fraction of sp³-hybridized carbons (Fsp3) is 0.538. The normalized spacial score (nSPS) is 27.7. The monoisotopic (exact) mass is 281 g/mol. The van der Waals surface area contributed by atoms with Gasteiger partial charge in [-0.2, -0.15) is 0 Å². The van der Waals surface area contributed by atoms with E-state index in [9.17, 15) is 4.79 Å². The maximum atomic E-state index is 11.3. The van der Waals surface area contributed by atoms with E-state index < -0.39 is 0 Å². The summed E-state index contributed by atoms with van der Waals surface area (Å²) in [7, 11) is 0. The predicted octanol–water partition coefficient (Wildman–Crippen LogP) is 0.824. The zero-order valence-corrected chi connectivity index (χ0v) is 11.3. The zero-order chi connectivity index (χ0) is 13.2. The van der Waals surface area contributed by atoms with Crippen molar-refractivity contribution in [3.63, 3.8) is 0 Å². The van der Waals surface area contributed by atoms with E-state index in [1.165, 1.54) is 0 Å². The highest BCUT2D eigenvalue weighted by Crippen LogP contribution is 2.19. The van der Waals surface area contributed by atoms with E-state index in [1.54, 1.807) is 6.20 Å². The first-order chi connectivity index (χ1) is 9.20. The third kappa shape index (κ3) is 3.05. The fourth-order valence-corrected chi connectivity index (χ4v) is 2.75. The summed E-state index contributed by atoms with van der Waals surface area (Å²) in [4.78, 5) is 17.9. The Morgan fingerprint density at radius 2 is 2.42 bits per heavy atom. The molecule has 2 atom stereocenters. The Labute approximate surface area is 116 Å². The van der Waals surface area contributed by atoms with E-state index in [0.717, 1.165) is 31.7 Å². The summed E-state index contributed by atoms with van der Waals surface area (Å²) in [6.07, 6.45) is 2.76. The molecule has 0 spiro atoms. The summed E-state index contributed by atoms with van der Waals surface area (Å²) in [5.74, 6) is -0.0206. The van der Waals surface area contributed by atoms with Crippen LogP contribution in [0.15, 0.2) is 18.3 Å². The lowest BCUT2D eigenvalue weighted by Gasteiger charge is -2.40. The molecule has 3 rings (SSSR count). The van der Waals surface area contributed by atoms with Crippen molar-refractivity contribution in [3.05, 3.63) is 29.0 Å². The first-order valence-electron chi connectivity index (χ1n) is 6.44. The van der Waals surface area contributed by atoms with Gasteiger partial charge in [-0.1, -0.05) is 11.6 Å². The number of rotatable bonds is 2. The average Bonchev–Trinajstić information content (AvgIpc) is 2.41. The number of likely N-dealkylation sites (tertiary alicyclic amines) is 1. The minimum atomic E-state index is -0.0206. The highest BCUT2D eigenvalue weighted by atomic mass is 35.5. The number of aromatic nitrogens is 1. The van der Waals surface area contributed by atoms with Gasteiger partial charge in [0.1, 0.15) is 6.61 Å². The molecule has 1 aromatic heterocycles. The number of fused-ring (bicyclic) bond motifs is 1. The number of pyridine rings is 1. The molecule has 0 saturated carbocycles. The van der Waals surface area contributed by atoms with Crippen LogP contribution < -0.4 is 5.32 Å². The third-order valence-electron chi connectivity index (χ3n) is 3.58. The SMILES string of the molecule is O=C1CO[C@@H]2CCN(Cc3ccc(Cl)cn3)C[C@@H]2N1.